The Kier molecular flexibility index (Phi) is 4.32. The third-order valence-corrected chi connectivity index (χ3v) is 4.33. The van der Waals surface area contributed by atoms with Crippen molar-refractivity contribution in [1.29, 1.82) is 0 Å². The van der Waals surface area contributed by atoms with Crippen LogP contribution < -0.4 is 5.32 Å². The zero-order chi connectivity index (χ0) is 15.7. The van der Waals surface area contributed by atoms with Gasteiger partial charge in [0.15, 0.2) is 5.78 Å². The van der Waals surface area contributed by atoms with Crippen LogP contribution in [0.4, 0.5) is 0 Å². The molecule has 1 aromatic carbocycles. The number of aryl methyl sites for hydroxylation is 1. The Labute approximate surface area is 131 Å². The Hall–Kier alpha value is -1.65. The van der Waals surface area contributed by atoms with Gasteiger partial charge in [0.25, 0.3) is 0 Å². The summed E-state index contributed by atoms with van der Waals surface area (Å²) >= 11 is 0. The predicted octanol–water partition coefficient (Wildman–Crippen LogP) is 2.52. The molecular formula is C18H24N2O2. The maximum atomic E-state index is 12.4. The molecule has 0 saturated carbocycles. The molecule has 0 radical (unpaired) electrons. The zero-order valence-electron chi connectivity index (χ0n) is 13.3. The van der Waals surface area contributed by atoms with Crippen molar-refractivity contribution in [3.05, 3.63) is 35.5 Å². The van der Waals surface area contributed by atoms with Crippen LogP contribution in [0.3, 0.4) is 0 Å². The summed E-state index contributed by atoms with van der Waals surface area (Å²) in [6.45, 7) is 5.11. The number of hydrogen-bond acceptors (Lipinski definition) is 3. The van der Waals surface area contributed by atoms with Crippen LogP contribution >= 0.6 is 0 Å². The average Bonchev–Trinajstić information content (AvgIpc) is 2.81. The molecule has 22 heavy (non-hydrogen) atoms. The van der Waals surface area contributed by atoms with Crippen LogP contribution in [-0.2, 0) is 13.0 Å². The summed E-state index contributed by atoms with van der Waals surface area (Å²) < 4.78 is 2.03. The van der Waals surface area contributed by atoms with Gasteiger partial charge in [0.1, 0.15) is 0 Å². The van der Waals surface area contributed by atoms with Gasteiger partial charge in [-0.1, -0.05) is 32.0 Å². The lowest BCUT2D eigenvalue weighted by molar-refractivity contribution is 0.0956. The zero-order valence-corrected chi connectivity index (χ0v) is 13.3. The van der Waals surface area contributed by atoms with Crippen LogP contribution in [0.5, 0.6) is 0 Å². The van der Waals surface area contributed by atoms with Crippen LogP contribution in [-0.4, -0.2) is 34.1 Å². The highest BCUT2D eigenvalue weighted by atomic mass is 16.3. The molecule has 0 saturated heterocycles. The first kappa shape index (κ1) is 15.3. The van der Waals surface area contributed by atoms with Crippen molar-refractivity contribution < 1.29 is 9.90 Å². The van der Waals surface area contributed by atoms with Crippen LogP contribution in [0.15, 0.2) is 24.3 Å². The summed E-state index contributed by atoms with van der Waals surface area (Å²) in [5.74, 6) is 0.210. The van der Waals surface area contributed by atoms with Gasteiger partial charge in [-0.15, -0.1) is 0 Å². The molecule has 0 bridgehead atoms. The first-order valence-electron chi connectivity index (χ1n) is 8.12. The lowest BCUT2D eigenvalue weighted by atomic mass is 9.94. The van der Waals surface area contributed by atoms with Gasteiger partial charge in [0.2, 0.25) is 0 Å². The van der Waals surface area contributed by atoms with E-state index in [0.717, 1.165) is 35.0 Å². The van der Waals surface area contributed by atoms with Gasteiger partial charge in [-0.05, 0) is 24.5 Å². The van der Waals surface area contributed by atoms with Crippen molar-refractivity contribution >= 4 is 16.7 Å². The molecule has 0 fully saturated rings. The Morgan fingerprint density at radius 2 is 2.05 bits per heavy atom. The van der Waals surface area contributed by atoms with E-state index in [2.05, 4.69) is 25.2 Å². The minimum atomic E-state index is -0.503. The number of nitrogens with zero attached hydrogens (tertiary/aromatic N) is 1. The van der Waals surface area contributed by atoms with Crippen molar-refractivity contribution in [3.63, 3.8) is 0 Å². The standard InChI is InChI=1S/C18H24N2O2/c1-12(2)19-10-13(21)11-20-16-8-4-3-6-14(16)15-7-5-9-17(22)18(15)20/h3-4,6,8,12-13,19,21H,5,7,9-11H2,1-2H3/t13-/m1/s1. The molecule has 0 unspecified atom stereocenters. The number of ketones is 1. The van der Waals surface area contributed by atoms with Gasteiger partial charge in [-0.2, -0.15) is 0 Å². The fourth-order valence-electron chi connectivity index (χ4n) is 3.33. The van der Waals surface area contributed by atoms with Crippen molar-refractivity contribution in [3.8, 4) is 0 Å². The highest BCUT2D eigenvalue weighted by molar-refractivity contribution is 6.04. The molecule has 0 aliphatic heterocycles. The summed E-state index contributed by atoms with van der Waals surface area (Å²) in [6.07, 6.45) is 1.99. The van der Waals surface area contributed by atoms with Crippen LogP contribution in [0.2, 0.25) is 0 Å². The largest absolute Gasteiger partial charge is 0.390 e. The summed E-state index contributed by atoms with van der Waals surface area (Å²) in [5.41, 5.74) is 3.04. The van der Waals surface area contributed by atoms with Crippen molar-refractivity contribution in [1.82, 2.24) is 9.88 Å². The number of aliphatic hydroxyl groups excluding tert-OH is 1. The van der Waals surface area contributed by atoms with Crippen molar-refractivity contribution in [2.45, 2.75) is 51.8 Å². The van der Waals surface area contributed by atoms with E-state index in [-0.39, 0.29) is 5.78 Å². The van der Waals surface area contributed by atoms with E-state index in [4.69, 9.17) is 0 Å². The maximum Gasteiger partial charge on any atom is 0.179 e. The van der Waals surface area contributed by atoms with Crippen LogP contribution in [0, 0.1) is 0 Å². The summed E-state index contributed by atoms with van der Waals surface area (Å²) in [5, 5.41) is 14.7. The third kappa shape index (κ3) is 2.81. The van der Waals surface area contributed by atoms with Crippen LogP contribution in [0.25, 0.3) is 10.9 Å². The Morgan fingerprint density at radius 3 is 2.82 bits per heavy atom. The van der Waals surface area contributed by atoms with Gasteiger partial charge in [0, 0.05) is 29.9 Å². The third-order valence-electron chi connectivity index (χ3n) is 4.33. The second-order valence-corrected chi connectivity index (χ2v) is 6.45. The lowest BCUT2D eigenvalue weighted by Crippen LogP contribution is -2.35. The molecular weight excluding hydrogens is 276 g/mol. The molecule has 4 nitrogen and oxygen atoms in total. The molecule has 3 rings (SSSR count). The smallest absolute Gasteiger partial charge is 0.179 e. The second kappa shape index (κ2) is 6.23. The highest BCUT2D eigenvalue weighted by Crippen LogP contribution is 2.32. The van der Waals surface area contributed by atoms with Crippen molar-refractivity contribution in [2.24, 2.45) is 0 Å². The fourth-order valence-corrected chi connectivity index (χ4v) is 3.33. The number of aromatic nitrogens is 1. The number of benzene rings is 1. The molecule has 2 N–H and O–H groups in total. The Balaban J connectivity index is 1.98. The molecule has 118 valence electrons. The van der Waals surface area contributed by atoms with Crippen molar-refractivity contribution in [2.75, 3.05) is 6.54 Å². The quantitative estimate of drug-likeness (QED) is 0.892. The molecule has 0 spiro atoms. The minimum Gasteiger partial charge on any atom is -0.390 e. The lowest BCUT2D eigenvalue weighted by Gasteiger charge is -2.19. The van der Waals surface area contributed by atoms with E-state index in [1.54, 1.807) is 0 Å². The number of carbonyl (C=O) groups excluding carboxylic acids is 1. The van der Waals surface area contributed by atoms with E-state index in [0.29, 0.717) is 25.6 Å². The summed E-state index contributed by atoms with van der Waals surface area (Å²) in [6, 6.07) is 8.48. The number of carbonyl (C=O) groups is 1. The first-order valence-corrected chi connectivity index (χ1v) is 8.12. The average molecular weight is 300 g/mol. The monoisotopic (exact) mass is 300 g/mol. The van der Waals surface area contributed by atoms with Gasteiger partial charge in [-0.3, -0.25) is 4.79 Å². The molecule has 1 atom stereocenters. The van der Waals surface area contributed by atoms with E-state index in [1.807, 2.05) is 22.8 Å². The predicted molar refractivity (Wildman–Crippen MR) is 88.4 cm³/mol. The van der Waals surface area contributed by atoms with Crippen LogP contribution in [0.1, 0.15) is 42.7 Å². The SMILES string of the molecule is CC(C)NC[C@@H](O)Cn1c2c(c3ccccc31)CCCC2=O. The van der Waals surface area contributed by atoms with E-state index >= 15 is 0 Å². The number of Topliss-reactive ketones (excluding diaryl/α,β-unsaturated/α-hetero) is 1. The fraction of sp³-hybridized carbons (Fsp3) is 0.500. The normalized spacial score (nSPS) is 16.3. The first-order chi connectivity index (χ1) is 10.6. The molecule has 1 aliphatic rings. The minimum absolute atomic E-state index is 0.210. The topological polar surface area (TPSA) is 54.3 Å². The molecule has 1 aliphatic carbocycles. The summed E-state index contributed by atoms with van der Waals surface area (Å²) in [7, 11) is 0. The molecule has 1 aromatic heterocycles. The second-order valence-electron chi connectivity index (χ2n) is 6.45. The summed E-state index contributed by atoms with van der Waals surface area (Å²) in [4.78, 5) is 12.4. The number of hydrogen-bond donors (Lipinski definition) is 2. The highest BCUT2D eigenvalue weighted by Gasteiger charge is 2.26. The number of aliphatic hydroxyl groups is 1. The maximum absolute atomic E-state index is 12.4. The van der Waals surface area contributed by atoms with Gasteiger partial charge in [0.05, 0.1) is 18.3 Å². The molecule has 0 amide bonds. The van der Waals surface area contributed by atoms with Gasteiger partial charge in [-0.25, -0.2) is 0 Å². The van der Waals surface area contributed by atoms with E-state index in [9.17, 15) is 9.90 Å². The Morgan fingerprint density at radius 1 is 1.27 bits per heavy atom. The molecule has 2 aromatic rings. The Bertz CT molecular complexity index is 688. The van der Waals surface area contributed by atoms with Gasteiger partial charge >= 0.3 is 0 Å². The van der Waals surface area contributed by atoms with E-state index in [1.165, 1.54) is 0 Å². The molecule has 4 heteroatoms. The number of rotatable bonds is 5. The number of para-hydroxylation sites is 1. The van der Waals surface area contributed by atoms with Gasteiger partial charge < -0.3 is 15.0 Å². The van der Waals surface area contributed by atoms with E-state index < -0.39 is 6.10 Å². The number of nitrogens with one attached hydrogen (secondary N) is 1. The number of fused-ring (bicyclic) bond motifs is 3. The molecule has 1 heterocycles.